The lowest BCUT2D eigenvalue weighted by Crippen LogP contribution is -2.41. The number of likely N-dealkylation sites (tertiary alicyclic amines) is 1. The smallest absolute Gasteiger partial charge is 0.282 e. The fraction of sp³-hybridized carbons (Fsp3) is 0.219. The first-order valence-electron chi connectivity index (χ1n) is 14.1. The van der Waals surface area contributed by atoms with Gasteiger partial charge in [-0.15, -0.1) is 0 Å². The zero-order chi connectivity index (χ0) is 29.6. The van der Waals surface area contributed by atoms with Crippen molar-refractivity contribution >= 4 is 44.3 Å². The van der Waals surface area contributed by atoms with Gasteiger partial charge in [0.25, 0.3) is 15.9 Å². The fourth-order valence-electron chi connectivity index (χ4n) is 5.87. The van der Waals surface area contributed by atoms with E-state index in [9.17, 15) is 13.2 Å². The highest BCUT2D eigenvalue weighted by molar-refractivity contribution is 7.92. The number of aromatic nitrogens is 3. The minimum atomic E-state index is -4.07. The van der Waals surface area contributed by atoms with Gasteiger partial charge in [0.05, 0.1) is 16.7 Å². The summed E-state index contributed by atoms with van der Waals surface area (Å²) in [6, 6.07) is 24.0. The van der Waals surface area contributed by atoms with Crippen LogP contribution < -0.4 is 9.04 Å². The Morgan fingerprint density at radius 3 is 2.47 bits per heavy atom. The Balaban J connectivity index is 1.15. The van der Waals surface area contributed by atoms with Crippen LogP contribution in [0.3, 0.4) is 0 Å². The van der Waals surface area contributed by atoms with Gasteiger partial charge in [-0.3, -0.25) is 9.10 Å². The molecule has 1 N–H and O–H groups in total. The minimum absolute atomic E-state index is 0.0568. The number of anilines is 1. The number of pyridine rings is 1. The predicted octanol–water partition coefficient (Wildman–Crippen LogP) is 5.96. The SMILES string of the molecule is O=C(c1ccc2c(c1)OCC(c1ccc(Cl)cc1)N2S(=O)(=O)c1ccccn1)N1CCC(c2nc3ccccc3[nH]2)CC1. The molecule has 3 aromatic carbocycles. The van der Waals surface area contributed by atoms with Gasteiger partial charge in [0, 0.05) is 35.8 Å². The lowest BCUT2D eigenvalue weighted by molar-refractivity contribution is 0.0710. The number of fused-ring (bicyclic) bond motifs is 2. The number of nitrogens with zero attached hydrogens (tertiary/aromatic N) is 4. The summed E-state index contributed by atoms with van der Waals surface area (Å²) in [6.07, 6.45) is 3.04. The number of halogens is 1. The molecule has 1 fully saturated rings. The van der Waals surface area contributed by atoms with Gasteiger partial charge in [-0.05, 0) is 73.0 Å². The monoisotopic (exact) mass is 613 g/mol. The van der Waals surface area contributed by atoms with Crippen molar-refractivity contribution in [2.45, 2.75) is 29.8 Å². The van der Waals surface area contributed by atoms with Crippen LogP contribution in [0.4, 0.5) is 5.69 Å². The highest BCUT2D eigenvalue weighted by Gasteiger charge is 2.39. The summed E-state index contributed by atoms with van der Waals surface area (Å²) in [5, 5.41) is 0.471. The average Bonchev–Trinajstić information content (AvgIpc) is 3.49. The molecule has 0 aliphatic carbocycles. The molecule has 9 nitrogen and oxygen atoms in total. The van der Waals surface area contributed by atoms with Gasteiger partial charge in [0.2, 0.25) is 0 Å². The molecular weight excluding hydrogens is 586 g/mol. The number of H-pyrrole nitrogens is 1. The molecule has 11 heteroatoms. The van der Waals surface area contributed by atoms with Crippen LogP contribution in [0.1, 0.15) is 46.5 Å². The van der Waals surface area contributed by atoms with Crippen LogP contribution in [0.15, 0.2) is 96.2 Å². The Hall–Kier alpha value is -4.41. The highest BCUT2D eigenvalue weighted by Crippen LogP contribution is 2.43. The largest absolute Gasteiger partial charge is 0.489 e. The van der Waals surface area contributed by atoms with Crippen molar-refractivity contribution in [3.8, 4) is 5.75 Å². The maximum absolute atomic E-state index is 14.0. The van der Waals surface area contributed by atoms with Crippen molar-refractivity contribution in [2.24, 2.45) is 0 Å². The zero-order valence-electron chi connectivity index (χ0n) is 23.1. The summed E-state index contributed by atoms with van der Waals surface area (Å²) in [5.41, 5.74) is 3.48. The molecule has 5 aromatic rings. The van der Waals surface area contributed by atoms with Crippen LogP contribution in [-0.4, -0.2) is 53.9 Å². The number of sulfonamides is 1. The average molecular weight is 614 g/mol. The maximum atomic E-state index is 14.0. The van der Waals surface area contributed by atoms with Crippen molar-refractivity contribution in [2.75, 3.05) is 24.0 Å². The summed E-state index contributed by atoms with van der Waals surface area (Å²) in [6.45, 7) is 1.25. The number of imidazole rings is 1. The van der Waals surface area contributed by atoms with Crippen LogP contribution >= 0.6 is 11.6 Å². The van der Waals surface area contributed by atoms with Gasteiger partial charge in [0.15, 0.2) is 5.03 Å². The van der Waals surface area contributed by atoms with Crippen molar-refractivity contribution in [3.63, 3.8) is 0 Å². The molecule has 1 amide bonds. The molecule has 4 heterocycles. The standard InChI is InChI=1S/C32H28ClN5O4S/c33-24-11-8-21(9-12-24)28-20-42-29-19-23(10-13-27(29)38(28)43(40,41)30-7-3-4-16-34-30)32(39)37-17-14-22(15-18-37)31-35-25-5-1-2-6-26(25)36-31/h1-13,16,19,22,28H,14-15,17-18,20H2,(H,35,36). The molecule has 43 heavy (non-hydrogen) atoms. The number of carbonyl (C=O) groups excluding carboxylic acids is 1. The third-order valence-electron chi connectivity index (χ3n) is 8.12. The van der Waals surface area contributed by atoms with Crippen molar-refractivity contribution < 1.29 is 17.9 Å². The van der Waals surface area contributed by atoms with Gasteiger partial charge < -0.3 is 14.6 Å². The van der Waals surface area contributed by atoms with E-state index >= 15 is 0 Å². The van der Waals surface area contributed by atoms with Gasteiger partial charge in [-0.2, -0.15) is 8.42 Å². The highest BCUT2D eigenvalue weighted by atomic mass is 35.5. The topological polar surface area (TPSA) is 108 Å². The molecule has 1 saturated heterocycles. The van der Waals surface area contributed by atoms with Crippen LogP contribution in [0, 0.1) is 0 Å². The molecule has 1 atom stereocenters. The number of piperidine rings is 1. The molecule has 0 radical (unpaired) electrons. The summed E-state index contributed by atoms with van der Waals surface area (Å²) in [4.78, 5) is 27.7. The van der Waals surface area contributed by atoms with Crippen LogP contribution in [0.2, 0.25) is 5.02 Å². The number of nitrogens with one attached hydrogen (secondary N) is 1. The van der Waals surface area contributed by atoms with Gasteiger partial charge in [-0.25, -0.2) is 9.97 Å². The van der Waals surface area contributed by atoms with E-state index in [0.29, 0.717) is 35.1 Å². The summed E-state index contributed by atoms with van der Waals surface area (Å²) < 4.78 is 35.4. The summed E-state index contributed by atoms with van der Waals surface area (Å²) in [7, 11) is -4.07. The van der Waals surface area contributed by atoms with Crippen molar-refractivity contribution in [1.29, 1.82) is 0 Å². The van der Waals surface area contributed by atoms with E-state index in [1.54, 1.807) is 54.6 Å². The van der Waals surface area contributed by atoms with Crippen LogP contribution in [0.25, 0.3) is 11.0 Å². The van der Waals surface area contributed by atoms with E-state index < -0.39 is 16.1 Å². The molecule has 0 saturated carbocycles. The molecule has 1 unspecified atom stereocenters. The molecule has 218 valence electrons. The van der Waals surface area contributed by atoms with E-state index in [2.05, 4.69) is 9.97 Å². The van der Waals surface area contributed by atoms with E-state index in [4.69, 9.17) is 21.3 Å². The van der Waals surface area contributed by atoms with E-state index in [-0.39, 0.29) is 23.5 Å². The number of aromatic amines is 1. The molecular formula is C32H28ClN5O4S. The fourth-order valence-corrected chi connectivity index (χ4v) is 7.57. The summed E-state index contributed by atoms with van der Waals surface area (Å²) >= 11 is 6.11. The molecule has 0 spiro atoms. The molecule has 0 bridgehead atoms. The Kier molecular flexibility index (Phi) is 7.03. The van der Waals surface area contributed by atoms with Crippen LogP contribution in [0.5, 0.6) is 5.75 Å². The number of hydrogen-bond acceptors (Lipinski definition) is 6. The Labute approximate surface area is 254 Å². The molecule has 2 aliphatic heterocycles. The summed E-state index contributed by atoms with van der Waals surface area (Å²) in [5.74, 6) is 1.42. The van der Waals surface area contributed by atoms with E-state index in [1.807, 2.05) is 29.2 Å². The molecule has 2 aromatic heterocycles. The number of benzene rings is 3. The Morgan fingerprint density at radius 2 is 1.72 bits per heavy atom. The third-order valence-corrected chi connectivity index (χ3v) is 10.1. The minimum Gasteiger partial charge on any atom is -0.489 e. The lowest BCUT2D eigenvalue weighted by Gasteiger charge is -2.38. The number of amides is 1. The number of rotatable bonds is 5. The van der Waals surface area contributed by atoms with Gasteiger partial charge in [-0.1, -0.05) is 41.9 Å². The first-order valence-corrected chi connectivity index (χ1v) is 15.9. The lowest BCUT2D eigenvalue weighted by atomic mass is 9.95. The van der Waals surface area contributed by atoms with Gasteiger partial charge >= 0.3 is 0 Å². The first kappa shape index (κ1) is 27.4. The quantitative estimate of drug-likeness (QED) is 0.262. The Bertz CT molecular complexity index is 1870. The van der Waals surface area contributed by atoms with Gasteiger partial charge in [0.1, 0.15) is 24.2 Å². The number of hydrogen-bond donors (Lipinski definition) is 1. The predicted molar refractivity (Wildman–Crippen MR) is 164 cm³/mol. The second-order valence-corrected chi connectivity index (χ2v) is 12.9. The number of ether oxygens (including phenoxy) is 1. The number of carbonyl (C=O) groups is 1. The normalized spacial score (nSPS) is 17.5. The first-order chi connectivity index (χ1) is 20.9. The maximum Gasteiger partial charge on any atom is 0.282 e. The Morgan fingerprint density at radius 1 is 0.953 bits per heavy atom. The zero-order valence-corrected chi connectivity index (χ0v) is 24.6. The molecule has 7 rings (SSSR count). The number of para-hydroxylation sites is 2. The second kappa shape index (κ2) is 11.0. The van der Waals surface area contributed by atoms with Crippen LogP contribution in [-0.2, 0) is 10.0 Å². The second-order valence-electron chi connectivity index (χ2n) is 10.7. The molecule has 2 aliphatic rings. The third kappa shape index (κ3) is 5.10. The van der Waals surface area contributed by atoms with E-state index in [1.165, 1.54) is 16.6 Å². The van der Waals surface area contributed by atoms with Crippen molar-refractivity contribution in [3.05, 3.63) is 113 Å². The van der Waals surface area contributed by atoms with E-state index in [0.717, 1.165) is 35.3 Å². The van der Waals surface area contributed by atoms with Crippen molar-refractivity contribution in [1.82, 2.24) is 19.9 Å².